The number of hydrogen-bond acceptors (Lipinski definition) is 3. The number of para-hydroxylation sites is 1. The number of rotatable bonds is 4. The molecule has 1 amide bonds. The number of aromatic nitrogens is 2. The summed E-state index contributed by atoms with van der Waals surface area (Å²) in [4.78, 5) is 19.8. The van der Waals surface area contributed by atoms with E-state index in [1.807, 2.05) is 31.2 Å². The molecule has 0 spiro atoms. The zero-order valence-electron chi connectivity index (χ0n) is 13.0. The number of nitrogens with one attached hydrogen (secondary N) is 2. The van der Waals surface area contributed by atoms with Crippen LogP contribution in [0.4, 0.5) is 0 Å². The van der Waals surface area contributed by atoms with Gasteiger partial charge >= 0.3 is 0 Å². The molecular weight excluding hydrogens is 278 g/mol. The predicted octanol–water partition coefficient (Wildman–Crippen LogP) is 2.93. The van der Waals surface area contributed by atoms with E-state index in [1.54, 1.807) is 0 Å². The number of nitrogens with zero attached hydrogens (tertiary/aromatic N) is 1. The van der Waals surface area contributed by atoms with Crippen LogP contribution in [0.3, 0.4) is 0 Å². The van der Waals surface area contributed by atoms with Crippen molar-refractivity contribution in [3.05, 3.63) is 35.7 Å². The van der Waals surface area contributed by atoms with Crippen LogP contribution < -0.4 is 10.1 Å². The SMILES string of the molecule is CC[C@@H](C)Oc1ccccc1-c1nc2c([nH]1)CCCNC2=O. The molecule has 0 radical (unpaired) electrons. The molecule has 0 unspecified atom stereocenters. The number of amides is 1. The van der Waals surface area contributed by atoms with Crippen LogP contribution in [0, 0.1) is 0 Å². The number of carbonyl (C=O) groups excluding carboxylic acids is 1. The van der Waals surface area contributed by atoms with Gasteiger partial charge < -0.3 is 15.0 Å². The number of aromatic amines is 1. The van der Waals surface area contributed by atoms with Crippen LogP contribution in [0.2, 0.25) is 0 Å². The van der Waals surface area contributed by atoms with Crippen LogP contribution in [0.1, 0.15) is 42.9 Å². The van der Waals surface area contributed by atoms with Gasteiger partial charge in [0.15, 0.2) is 0 Å². The fourth-order valence-electron chi connectivity index (χ4n) is 2.52. The van der Waals surface area contributed by atoms with E-state index >= 15 is 0 Å². The summed E-state index contributed by atoms with van der Waals surface area (Å²) in [5.41, 5.74) is 2.30. The second-order valence-electron chi connectivity index (χ2n) is 5.60. The van der Waals surface area contributed by atoms with E-state index in [-0.39, 0.29) is 12.0 Å². The number of H-pyrrole nitrogens is 1. The maximum absolute atomic E-state index is 12.0. The van der Waals surface area contributed by atoms with E-state index in [0.717, 1.165) is 36.3 Å². The fourth-order valence-corrected chi connectivity index (χ4v) is 2.52. The quantitative estimate of drug-likeness (QED) is 0.912. The molecule has 2 heterocycles. The Hall–Kier alpha value is -2.30. The Morgan fingerprint density at radius 3 is 3.00 bits per heavy atom. The maximum atomic E-state index is 12.0. The standard InChI is InChI=1S/C17H21N3O2/c1-3-11(2)22-14-9-5-4-7-12(14)16-19-13-8-6-10-18-17(21)15(13)20-16/h4-5,7,9,11H,3,6,8,10H2,1-2H3,(H,18,21)(H,19,20)/t11-/m1/s1. The van der Waals surface area contributed by atoms with Crippen LogP contribution >= 0.6 is 0 Å². The summed E-state index contributed by atoms with van der Waals surface area (Å²) < 4.78 is 5.97. The molecule has 5 nitrogen and oxygen atoms in total. The first-order valence-corrected chi connectivity index (χ1v) is 7.82. The van der Waals surface area contributed by atoms with Crippen LogP contribution in [0.5, 0.6) is 5.75 Å². The van der Waals surface area contributed by atoms with Crippen molar-refractivity contribution in [2.75, 3.05) is 6.54 Å². The number of hydrogen-bond donors (Lipinski definition) is 2. The first-order chi connectivity index (χ1) is 10.7. The van der Waals surface area contributed by atoms with Gasteiger partial charge in [0.2, 0.25) is 0 Å². The van der Waals surface area contributed by atoms with Crippen molar-refractivity contribution in [1.29, 1.82) is 0 Å². The number of imidazole rings is 1. The lowest BCUT2D eigenvalue weighted by Gasteiger charge is -2.15. The molecule has 0 saturated carbocycles. The smallest absolute Gasteiger partial charge is 0.271 e. The number of carbonyl (C=O) groups is 1. The molecule has 1 aliphatic heterocycles. The van der Waals surface area contributed by atoms with Gasteiger partial charge in [-0.05, 0) is 38.3 Å². The van der Waals surface area contributed by atoms with Crippen molar-refractivity contribution >= 4 is 5.91 Å². The molecule has 0 fully saturated rings. The average molecular weight is 299 g/mol. The second kappa shape index (κ2) is 6.22. The van der Waals surface area contributed by atoms with Gasteiger partial charge in [0.1, 0.15) is 17.3 Å². The lowest BCUT2D eigenvalue weighted by Crippen LogP contribution is -2.23. The summed E-state index contributed by atoms with van der Waals surface area (Å²) >= 11 is 0. The molecule has 2 N–H and O–H groups in total. The molecule has 1 aromatic carbocycles. The summed E-state index contributed by atoms with van der Waals surface area (Å²) in [5, 5.41) is 2.87. The predicted molar refractivity (Wildman–Crippen MR) is 85.1 cm³/mol. The van der Waals surface area contributed by atoms with Gasteiger partial charge in [-0.2, -0.15) is 0 Å². The van der Waals surface area contributed by atoms with Crippen LogP contribution in [-0.2, 0) is 6.42 Å². The van der Waals surface area contributed by atoms with E-state index in [2.05, 4.69) is 22.2 Å². The summed E-state index contributed by atoms with van der Waals surface area (Å²) in [7, 11) is 0. The van der Waals surface area contributed by atoms with Crippen molar-refractivity contribution in [3.8, 4) is 17.1 Å². The molecule has 0 aliphatic carbocycles. The highest BCUT2D eigenvalue weighted by molar-refractivity contribution is 5.94. The highest BCUT2D eigenvalue weighted by Gasteiger charge is 2.21. The van der Waals surface area contributed by atoms with E-state index in [1.165, 1.54) is 0 Å². The highest BCUT2D eigenvalue weighted by atomic mass is 16.5. The Morgan fingerprint density at radius 2 is 2.18 bits per heavy atom. The molecule has 3 rings (SSSR count). The molecule has 1 atom stereocenters. The summed E-state index contributed by atoms with van der Waals surface area (Å²) in [6.07, 6.45) is 2.82. The van der Waals surface area contributed by atoms with E-state index in [9.17, 15) is 4.79 Å². The van der Waals surface area contributed by atoms with Crippen molar-refractivity contribution in [2.24, 2.45) is 0 Å². The molecule has 0 saturated heterocycles. The third kappa shape index (κ3) is 2.84. The largest absolute Gasteiger partial charge is 0.490 e. The first kappa shape index (κ1) is 14.6. The minimum Gasteiger partial charge on any atom is -0.490 e. The normalized spacial score (nSPS) is 15.6. The molecule has 22 heavy (non-hydrogen) atoms. The van der Waals surface area contributed by atoms with Gasteiger partial charge in [-0.25, -0.2) is 4.98 Å². The molecule has 1 aliphatic rings. The number of aryl methyl sites for hydroxylation is 1. The first-order valence-electron chi connectivity index (χ1n) is 7.82. The monoisotopic (exact) mass is 299 g/mol. The van der Waals surface area contributed by atoms with Crippen molar-refractivity contribution in [2.45, 2.75) is 39.2 Å². The van der Waals surface area contributed by atoms with Crippen LogP contribution in [0.15, 0.2) is 24.3 Å². The minimum atomic E-state index is -0.102. The molecule has 5 heteroatoms. The molecule has 0 bridgehead atoms. The zero-order valence-corrected chi connectivity index (χ0v) is 13.0. The minimum absolute atomic E-state index is 0.102. The molecule has 116 valence electrons. The average Bonchev–Trinajstić information content (AvgIpc) is 2.88. The van der Waals surface area contributed by atoms with Crippen molar-refractivity contribution in [3.63, 3.8) is 0 Å². The Labute approximate surface area is 130 Å². The van der Waals surface area contributed by atoms with Crippen LogP contribution in [-0.4, -0.2) is 28.5 Å². The Kier molecular flexibility index (Phi) is 4.13. The summed E-state index contributed by atoms with van der Waals surface area (Å²) in [6.45, 7) is 4.83. The second-order valence-corrected chi connectivity index (χ2v) is 5.60. The fraction of sp³-hybridized carbons (Fsp3) is 0.412. The molecule has 1 aromatic heterocycles. The maximum Gasteiger partial charge on any atom is 0.271 e. The number of fused-ring (bicyclic) bond motifs is 1. The Morgan fingerprint density at radius 1 is 1.36 bits per heavy atom. The van der Waals surface area contributed by atoms with Gasteiger partial charge in [0, 0.05) is 12.2 Å². The Bertz CT molecular complexity index is 678. The summed E-state index contributed by atoms with van der Waals surface area (Å²) in [5.74, 6) is 1.39. The lowest BCUT2D eigenvalue weighted by atomic mass is 10.2. The number of benzene rings is 1. The van der Waals surface area contributed by atoms with Gasteiger partial charge in [-0.1, -0.05) is 19.1 Å². The topological polar surface area (TPSA) is 67.0 Å². The Balaban J connectivity index is 1.98. The molecular formula is C17H21N3O2. The zero-order chi connectivity index (χ0) is 15.5. The van der Waals surface area contributed by atoms with Gasteiger partial charge in [0.25, 0.3) is 5.91 Å². The van der Waals surface area contributed by atoms with E-state index < -0.39 is 0 Å². The van der Waals surface area contributed by atoms with Crippen LogP contribution in [0.25, 0.3) is 11.4 Å². The third-order valence-electron chi connectivity index (χ3n) is 3.93. The lowest BCUT2D eigenvalue weighted by molar-refractivity contribution is 0.0951. The number of ether oxygens (including phenoxy) is 1. The summed E-state index contributed by atoms with van der Waals surface area (Å²) in [6, 6.07) is 7.80. The molecule has 2 aromatic rings. The van der Waals surface area contributed by atoms with E-state index in [4.69, 9.17) is 4.74 Å². The van der Waals surface area contributed by atoms with Crippen molar-refractivity contribution in [1.82, 2.24) is 15.3 Å². The van der Waals surface area contributed by atoms with E-state index in [0.29, 0.717) is 18.1 Å². The van der Waals surface area contributed by atoms with Crippen molar-refractivity contribution < 1.29 is 9.53 Å². The van der Waals surface area contributed by atoms with Gasteiger partial charge in [-0.3, -0.25) is 4.79 Å². The van der Waals surface area contributed by atoms with Gasteiger partial charge in [0.05, 0.1) is 11.7 Å². The van der Waals surface area contributed by atoms with Gasteiger partial charge in [-0.15, -0.1) is 0 Å². The third-order valence-corrected chi connectivity index (χ3v) is 3.93. The highest BCUT2D eigenvalue weighted by Crippen LogP contribution is 2.30.